The van der Waals surface area contributed by atoms with E-state index in [-0.39, 0.29) is 21.6 Å². The molecular weight excluding hydrogens is 376 g/mol. The van der Waals surface area contributed by atoms with Crippen molar-refractivity contribution in [1.82, 2.24) is 5.32 Å². The maximum atomic E-state index is 12.2. The molecule has 0 aliphatic heterocycles. The number of carbonyl (C=O) groups is 2. The molecule has 0 aliphatic rings. The molecule has 26 heavy (non-hydrogen) atoms. The van der Waals surface area contributed by atoms with E-state index in [1.54, 1.807) is 24.3 Å². The fourth-order valence-corrected chi connectivity index (χ4v) is 2.50. The third kappa shape index (κ3) is 5.44. The van der Waals surface area contributed by atoms with Crippen LogP contribution in [-0.4, -0.2) is 28.7 Å². The minimum atomic E-state index is -1.12. The number of anilines is 1. The molecule has 136 valence electrons. The van der Waals surface area contributed by atoms with Crippen molar-refractivity contribution in [3.63, 3.8) is 0 Å². The number of carboxylic acids is 1. The monoisotopic (exact) mass is 392 g/mol. The molecule has 6 nitrogen and oxygen atoms in total. The van der Waals surface area contributed by atoms with Gasteiger partial charge in [-0.25, -0.2) is 4.79 Å². The highest BCUT2D eigenvalue weighted by molar-refractivity contribution is 7.80. The predicted octanol–water partition coefficient (Wildman–Crippen LogP) is 3.95. The normalized spacial score (nSPS) is 10.1. The average molecular weight is 393 g/mol. The van der Waals surface area contributed by atoms with E-state index in [0.29, 0.717) is 23.6 Å². The third-order valence-corrected chi connectivity index (χ3v) is 3.79. The van der Waals surface area contributed by atoms with E-state index in [0.717, 1.165) is 6.42 Å². The lowest BCUT2D eigenvalue weighted by atomic mass is 10.2. The van der Waals surface area contributed by atoms with Gasteiger partial charge in [-0.2, -0.15) is 0 Å². The highest BCUT2D eigenvalue weighted by Gasteiger charge is 2.11. The van der Waals surface area contributed by atoms with E-state index in [1.165, 1.54) is 18.2 Å². The molecule has 0 bridgehead atoms. The maximum absolute atomic E-state index is 12.2. The first kappa shape index (κ1) is 19.7. The summed E-state index contributed by atoms with van der Waals surface area (Å²) in [6, 6.07) is 11.0. The van der Waals surface area contributed by atoms with Gasteiger partial charge in [0.05, 0.1) is 17.2 Å². The molecule has 0 fully saturated rings. The lowest BCUT2D eigenvalue weighted by Gasteiger charge is -2.11. The molecule has 2 aromatic rings. The summed E-state index contributed by atoms with van der Waals surface area (Å²) in [5, 5.41) is 14.4. The van der Waals surface area contributed by atoms with Gasteiger partial charge in [0.1, 0.15) is 5.75 Å². The zero-order chi connectivity index (χ0) is 19.1. The fourth-order valence-electron chi connectivity index (χ4n) is 2.03. The largest absolute Gasteiger partial charge is 0.494 e. The Morgan fingerprint density at radius 3 is 2.46 bits per heavy atom. The van der Waals surface area contributed by atoms with E-state index in [2.05, 4.69) is 10.6 Å². The Morgan fingerprint density at radius 1 is 1.19 bits per heavy atom. The standard InChI is InChI=1S/C18H17ClN2O4S/c1-2-9-25-13-6-3-11(4-7-13)16(22)21-18(26)20-12-5-8-14(17(23)24)15(19)10-12/h3-8,10H,2,9H2,1H3,(H,23,24)(H2,20,21,22,26). The summed E-state index contributed by atoms with van der Waals surface area (Å²) in [5.41, 5.74) is 0.878. The van der Waals surface area contributed by atoms with E-state index in [1.807, 2.05) is 6.92 Å². The van der Waals surface area contributed by atoms with Crippen LogP contribution in [0.2, 0.25) is 5.02 Å². The van der Waals surface area contributed by atoms with Gasteiger partial charge in [-0.3, -0.25) is 10.1 Å². The van der Waals surface area contributed by atoms with Crippen LogP contribution in [0.3, 0.4) is 0 Å². The molecule has 0 radical (unpaired) electrons. The number of halogens is 1. The van der Waals surface area contributed by atoms with Crippen molar-refractivity contribution in [2.24, 2.45) is 0 Å². The highest BCUT2D eigenvalue weighted by Crippen LogP contribution is 2.21. The fraction of sp³-hybridized carbons (Fsp3) is 0.167. The number of ether oxygens (including phenoxy) is 1. The number of thiocarbonyl (C=S) groups is 1. The first-order valence-corrected chi connectivity index (χ1v) is 8.57. The number of carboxylic acid groups (broad SMARTS) is 1. The number of hydrogen-bond acceptors (Lipinski definition) is 4. The molecule has 3 N–H and O–H groups in total. The molecule has 0 aliphatic carbocycles. The molecule has 0 unspecified atom stereocenters. The molecule has 1 amide bonds. The van der Waals surface area contributed by atoms with Crippen LogP contribution >= 0.6 is 23.8 Å². The summed E-state index contributed by atoms with van der Waals surface area (Å²) in [6.45, 7) is 2.63. The number of hydrogen-bond donors (Lipinski definition) is 3. The van der Waals surface area contributed by atoms with Gasteiger partial charge in [0.25, 0.3) is 5.91 Å². The minimum absolute atomic E-state index is 0.0162. The maximum Gasteiger partial charge on any atom is 0.337 e. The quantitative estimate of drug-likeness (QED) is 0.645. The van der Waals surface area contributed by atoms with Gasteiger partial charge >= 0.3 is 5.97 Å². The van der Waals surface area contributed by atoms with Crippen LogP contribution in [0.15, 0.2) is 42.5 Å². The summed E-state index contributed by atoms with van der Waals surface area (Å²) in [7, 11) is 0. The van der Waals surface area contributed by atoms with Gasteiger partial charge in [-0.05, 0) is 61.1 Å². The van der Waals surface area contributed by atoms with Crippen LogP contribution in [0, 0.1) is 0 Å². The zero-order valence-electron chi connectivity index (χ0n) is 13.9. The number of amides is 1. The summed E-state index contributed by atoms with van der Waals surface area (Å²) in [5.74, 6) is -0.807. The summed E-state index contributed by atoms with van der Waals surface area (Å²) in [4.78, 5) is 23.1. The van der Waals surface area contributed by atoms with Crippen LogP contribution in [0.1, 0.15) is 34.1 Å². The van der Waals surface area contributed by atoms with E-state index >= 15 is 0 Å². The molecule has 0 aromatic heterocycles. The summed E-state index contributed by atoms with van der Waals surface area (Å²) >= 11 is 11.0. The van der Waals surface area contributed by atoms with Gasteiger partial charge in [0.15, 0.2) is 5.11 Å². The Hall–Kier alpha value is -2.64. The Kier molecular flexibility index (Phi) is 6.94. The van der Waals surface area contributed by atoms with Crippen LogP contribution < -0.4 is 15.4 Å². The number of rotatable bonds is 6. The van der Waals surface area contributed by atoms with Crippen molar-refractivity contribution in [3.05, 3.63) is 58.6 Å². The topological polar surface area (TPSA) is 87.7 Å². The zero-order valence-corrected chi connectivity index (χ0v) is 15.5. The van der Waals surface area contributed by atoms with Crippen molar-refractivity contribution >= 4 is 46.5 Å². The molecule has 0 spiro atoms. The lowest BCUT2D eigenvalue weighted by molar-refractivity contribution is 0.0697. The molecule has 0 saturated carbocycles. The second-order valence-electron chi connectivity index (χ2n) is 5.28. The predicted molar refractivity (Wildman–Crippen MR) is 104 cm³/mol. The number of aromatic carboxylic acids is 1. The van der Waals surface area contributed by atoms with E-state index < -0.39 is 5.97 Å². The number of carbonyl (C=O) groups excluding carboxylic acids is 1. The Labute approximate surface area is 161 Å². The van der Waals surface area contributed by atoms with Crippen molar-refractivity contribution in [3.8, 4) is 5.75 Å². The van der Waals surface area contributed by atoms with E-state index in [9.17, 15) is 9.59 Å². The Morgan fingerprint density at radius 2 is 1.88 bits per heavy atom. The number of benzene rings is 2. The molecular formula is C18H17ClN2O4S. The minimum Gasteiger partial charge on any atom is -0.494 e. The van der Waals surface area contributed by atoms with Crippen LogP contribution in [0.25, 0.3) is 0 Å². The second kappa shape index (κ2) is 9.17. The Balaban J connectivity index is 1.95. The van der Waals surface area contributed by atoms with Gasteiger partial charge in [0, 0.05) is 11.3 Å². The van der Waals surface area contributed by atoms with Crippen molar-refractivity contribution < 1.29 is 19.4 Å². The molecule has 2 rings (SSSR count). The molecule has 0 atom stereocenters. The van der Waals surface area contributed by atoms with Crippen molar-refractivity contribution in [2.45, 2.75) is 13.3 Å². The molecule has 8 heteroatoms. The highest BCUT2D eigenvalue weighted by atomic mass is 35.5. The van der Waals surface area contributed by atoms with Crippen molar-refractivity contribution in [1.29, 1.82) is 0 Å². The first-order valence-electron chi connectivity index (χ1n) is 7.78. The van der Waals surface area contributed by atoms with Crippen LogP contribution in [-0.2, 0) is 0 Å². The van der Waals surface area contributed by atoms with Gasteiger partial charge < -0.3 is 15.2 Å². The lowest BCUT2D eigenvalue weighted by Crippen LogP contribution is -2.34. The van der Waals surface area contributed by atoms with Crippen molar-refractivity contribution in [2.75, 3.05) is 11.9 Å². The first-order chi connectivity index (χ1) is 12.4. The summed E-state index contributed by atoms with van der Waals surface area (Å²) < 4.78 is 5.46. The van der Waals surface area contributed by atoms with Crippen LogP contribution in [0.4, 0.5) is 5.69 Å². The SMILES string of the molecule is CCCOc1ccc(C(=O)NC(=S)Nc2ccc(C(=O)O)c(Cl)c2)cc1. The van der Waals surface area contributed by atoms with Crippen LogP contribution in [0.5, 0.6) is 5.75 Å². The van der Waals surface area contributed by atoms with Gasteiger partial charge in [-0.15, -0.1) is 0 Å². The van der Waals surface area contributed by atoms with Gasteiger partial charge in [0.2, 0.25) is 0 Å². The summed E-state index contributed by atoms with van der Waals surface area (Å²) in [6.07, 6.45) is 0.902. The molecule has 0 heterocycles. The smallest absolute Gasteiger partial charge is 0.337 e. The average Bonchev–Trinajstić information content (AvgIpc) is 2.60. The van der Waals surface area contributed by atoms with Gasteiger partial charge in [-0.1, -0.05) is 18.5 Å². The Bertz CT molecular complexity index is 824. The molecule has 0 saturated heterocycles. The second-order valence-corrected chi connectivity index (χ2v) is 6.10. The molecule has 2 aromatic carbocycles. The third-order valence-electron chi connectivity index (χ3n) is 3.27. The number of nitrogens with one attached hydrogen (secondary N) is 2. The van der Waals surface area contributed by atoms with E-state index in [4.69, 9.17) is 33.7 Å².